The van der Waals surface area contributed by atoms with Crippen molar-refractivity contribution in [1.82, 2.24) is 13.2 Å². The van der Waals surface area contributed by atoms with E-state index in [0.717, 1.165) is 32.1 Å². The normalized spacial score (nSPS) is 18.7. The quantitative estimate of drug-likeness (QED) is 0.682. The second-order valence-electron chi connectivity index (χ2n) is 8.20. The average Bonchev–Trinajstić information content (AvgIpc) is 3.45. The number of hydrogen-bond acceptors (Lipinski definition) is 5. The molecule has 0 saturated carbocycles. The molecule has 1 amide bonds. The van der Waals surface area contributed by atoms with Gasteiger partial charge in [-0.25, -0.2) is 16.8 Å². The predicted octanol–water partition coefficient (Wildman–Crippen LogP) is 2.24. The number of nitrogens with one attached hydrogen (secondary N) is 1. The fourth-order valence-electron chi connectivity index (χ4n) is 4.20. The molecule has 174 valence electrons. The Hall–Kier alpha value is -2.21. The van der Waals surface area contributed by atoms with E-state index in [1.165, 1.54) is 31.5 Å². The van der Waals surface area contributed by atoms with E-state index < -0.39 is 26.0 Å². The van der Waals surface area contributed by atoms with Crippen molar-refractivity contribution in [2.75, 3.05) is 31.5 Å². The average molecular weight is 481 g/mol. The zero-order valence-corrected chi connectivity index (χ0v) is 19.7. The minimum absolute atomic E-state index is 0.0365. The molecule has 0 spiro atoms. The van der Waals surface area contributed by atoms with E-state index in [-0.39, 0.29) is 21.2 Å². The van der Waals surface area contributed by atoms with Gasteiger partial charge in [-0.15, -0.1) is 0 Å². The number of nitrogens with zero attached hydrogens (tertiary/aromatic N) is 3. The van der Waals surface area contributed by atoms with Crippen LogP contribution in [0.15, 0.2) is 46.3 Å². The molecular formula is C21H28N4O5S2. The summed E-state index contributed by atoms with van der Waals surface area (Å²) in [4.78, 5) is 13.1. The molecule has 4 rings (SSSR count). The van der Waals surface area contributed by atoms with Gasteiger partial charge in [0.1, 0.15) is 15.5 Å². The van der Waals surface area contributed by atoms with Gasteiger partial charge in [-0.05, 0) is 43.9 Å². The lowest BCUT2D eigenvalue weighted by Crippen LogP contribution is -2.36. The van der Waals surface area contributed by atoms with E-state index in [1.54, 1.807) is 25.2 Å². The smallest absolute Gasteiger partial charge is 0.272 e. The number of rotatable bonds is 6. The van der Waals surface area contributed by atoms with Gasteiger partial charge in [0.05, 0.1) is 5.69 Å². The Morgan fingerprint density at radius 2 is 1.41 bits per heavy atom. The minimum atomic E-state index is -3.75. The highest BCUT2D eigenvalue weighted by molar-refractivity contribution is 7.89. The molecule has 2 aliphatic rings. The number of carbonyl (C=O) groups excluding carboxylic acids is 1. The third kappa shape index (κ3) is 4.34. The molecule has 11 heteroatoms. The maximum atomic E-state index is 13.2. The number of aromatic nitrogens is 1. The highest BCUT2D eigenvalue weighted by atomic mass is 32.2. The van der Waals surface area contributed by atoms with E-state index in [0.29, 0.717) is 26.2 Å². The Bertz CT molecular complexity index is 1210. The number of anilines is 1. The van der Waals surface area contributed by atoms with Crippen LogP contribution in [0.25, 0.3) is 0 Å². The molecule has 32 heavy (non-hydrogen) atoms. The minimum Gasteiger partial charge on any atom is -0.345 e. The number of amides is 1. The second kappa shape index (κ2) is 8.97. The number of para-hydroxylation sites is 1. The molecule has 2 aromatic rings. The third-order valence-electron chi connectivity index (χ3n) is 5.98. The summed E-state index contributed by atoms with van der Waals surface area (Å²) >= 11 is 0. The Kier molecular flexibility index (Phi) is 6.44. The number of sulfonamides is 2. The summed E-state index contributed by atoms with van der Waals surface area (Å²) in [6, 6.07) is 7.63. The molecule has 0 bridgehead atoms. The Labute approximate surface area is 189 Å². The summed E-state index contributed by atoms with van der Waals surface area (Å²) in [5.41, 5.74) is 0.307. The van der Waals surface area contributed by atoms with Gasteiger partial charge in [0, 0.05) is 39.4 Å². The number of hydrogen-bond donors (Lipinski definition) is 1. The van der Waals surface area contributed by atoms with Crippen LogP contribution in [-0.4, -0.2) is 62.1 Å². The number of piperidine rings is 1. The second-order valence-corrected chi connectivity index (χ2v) is 12.0. The third-order valence-corrected chi connectivity index (χ3v) is 9.80. The van der Waals surface area contributed by atoms with Crippen LogP contribution in [0.1, 0.15) is 42.6 Å². The summed E-state index contributed by atoms with van der Waals surface area (Å²) in [6.45, 7) is 1.86. The first-order valence-corrected chi connectivity index (χ1v) is 13.7. The predicted molar refractivity (Wildman–Crippen MR) is 120 cm³/mol. The first kappa shape index (κ1) is 23.0. The van der Waals surface area contributed by atoms with Crippen molar-refractivity contribution in [3.8, 4) is 0 Å². The van der Waals surface area contributed by atoms with Crippen molar-refractivity contribution in [3.63, 3.8) is 0 Å². The van der Waals surface area contributed by atoms with Crippen LogP contribution >= 0.6 is 0 Å². The summed E-state index contributed by atoms with van der Waals surface area (Å²) in [5, 5.41) is 2.67. The Balaban J connectivity index is 1.60. The molecule has 2 aliphatic heterocycles. The lowest BCUT2D eigenvalue weighted by Gasteiger charge is -2.26. The van der Waals surface area contributed by atoms with Crippen LogP contribution in [0.4, 0.5) is 5.69 Å². The lowest BCUT2D eigenvalue weighted by molar-refractivity contribution is 0.101. The fraction of sp³-hybridized carbons (Fsp3) is 0.476. The van der Waals surface area contributed by atoms with Gasteiger partial charge in [-0.1, -0.05) is 18.6 Å². The van der Waals surface area contributed by atoms with E-state index >= 15 is 0 Å². The van der Waals surface area contributed by atoms with Crippen LogP contribution in [-0.2, 0) is 27.1 Å². The summed E-state index contributed by atoms with van der Waals surface area (Å²) < 4.78 is 56.3. The first-order valence-electron chi connectivity index (χ1n) is 10.8. The zero-order valence-electron chi connectivity index (χ0n) is 18.0. The molecule has 0 radical (unpaired) electrons. The maximum Gasteiger partial charge on any atom is 0.272 e. The summed E-state index contributed by atoms with van der Waals surface area (Å²) in [6.07, 6.45) is 5.68. The van der Waals surface area contributed by atoms with Gasteiger partial charge in [0.15, 0.2) is 0 Å². The zero-order chi connectivity index (χ0) is 22.9. The maximum absolute atomic E-state index is 13.2. The van der Waals surface area contributed by atoms with Gasteiger partial charge in [-0.3, -0.25) is 4.79 Å². The highest BCUT2D eigenvalue weighted by Crippen LogP contribution is 2.28. The van der Waals surface area contributed by atoms with E-state index in [1.807, 2.05) is 0 Å². The van der Waals surface area contributed by atoms with Crippen molar-refractivity contribution in [2.45, 2.75) is 41.9 Å². The van der Waals surface area contributed by atoms with Gasteiger partial charge >= 0.3 is 0 Å². The van der Waals surface area contributed by atoms with Gasteiger partial charge < -0.3 is 9.88 Å². The fourth-order valence-corrected chi connectivity index (χ4v) is 7.46. The molecule has 9 nitrogen and oxygen atoms in total. The Morgan fingerprint density at radius 3 is 2.06 bits per heavy atom. The Morgan fingerprint density at radius 1 is 0.844 bits per heavy atom. The molecule has 1 N–H and O–H groups in total. The van der Waals surface area contributed by atoms with Crippen molar-refractivity contribution in [3.05, 3.63) is 42.2 Å². The van der Waals surface area contributed by atoms with Gasteiger partial charge in [-0.2, -0.15) is 8.61 Å². The van der Waals surface area contributed by atoms with E-state index in [4.69, 9.17) is 0 Å². The number of carbonyl (C=O) groups is 1. The van der Waals surface area contributed by atoms with E-state index in [9.17, 15) is 21.6 Å². The van der Waals surface area contributed by atoms with Crippen molar-refractivity contribution in [1.29, 1.82) is 0 Å². The van der Waals surface area contributed by atoms with E-state index in [2.05, 4.69) is 5.32 Å². The number of aryl methyl sites for hydroxylation is 1. The van der Waals surface area contributed by atoms with Crippen molar-refractivity contribution in [2.24, 2.45) is 7.05 Å². The monoisotopic (exact) mass is 480 g/mol. The van der Waals surface area contributed by atoms with Crippen LogP contribution in [0.3, 0.4) is 0 Å². The summed E-state index contributed by atoms with van der Waals surface area (Å²) in [7, 11) is -5.82. The van der Waals surface area contributed by atoms with Crippen LogP contribution in [0, 0.1) is 0 Å². The topological polar surface area (TPSA) is 109 Å². The molecule has 0 aliphatic carbocycles. The molecule has 2 fully saturated rings. The van der Waals surface area contributed by atoms with Crippen molar-refractivity contribution < 1.29 is 21.6 Å². The van der Waals surface area contributed by atoms with Crippen LogP contribution in [0.5, 0.6) is 0 Å². The standard InChI is InChI=1S/C21H28N4O5S2/c1-23-16-17(31(27,28)24-13-7-8-14-24)15-19(23)21(26)22-18-9-3-4-10-20(18)32(29,30)25-11-5-2-6-12-25/h3-4,9-10,15-16H,2,5-8,11-14H2,1H3,(H,22,26). The highest BCUT2D eigenvalue weighted by Gasteiger charge is 2.31. The molecule has 0 atom stereocenters. The van der Waals surface area contributed by atoms with Crippen LogP contribution < -0.4 is 5.32 Å². The van der Waals surface area contributed by atoms with Crippen LogP contribution in [0.2, 0.25) is 0 Å². The number of benzene rings is 1. The largest absolute Gasteiger partial charge is 0.345 e. The first-order chi connectivity index (χ1) is 15.2. The molecular weight excluding hydrogens is 452 g/mol. The lowest BCUT2D eigenvalue weighted by atomic mass is 10.2. The SMILES string of the molecule is Cn1cc(S(=O)(=O)N2CCCC2)cc1C(=O)Nc1ccccc1S(=O)(=O)N1CCCCC1. The molecule has 1 aromatic carbocycles. The molecule has 3 heterocycles. The molecule has 0 unspecified atom stereocenters. The molecule has 2 saturated heterocycles. The van der Waals surface area contributed by atoms with Gasteiger partial charge in [0.25, 0.3) is 5.91 Å². The summed E-state index contributed by atoms with van der Waals surface area (Å²) in [5.74, 6) is -0.573. The van der Waals surface area contributed by atoms with Gasteiger partial charge in [0.2, 0.25) is 20.0 Å². The molecule has 1 aromatic heterocycles. The van der Waals surface area contributed by atoms with Crippen molar-refractivity contribution >= 4 is 31.6 Å².